The summed E-state index contributed by atoms with van der Waals surface area (Å²) in [5.41, 5.74) is 0. The molecule has 3 heteroatoms. The zero-order chi connectivity index (χ0) is 8.55. The van der Waals surface area contributed by atoms with Gasteiger partial charge in [-0.05, 0) is 18.2 Å². The molecule has 0 aliphatic rings. The molecule has 0 radical (unpaired) electrons. The molecule has 0 fully saturated rings. The molecule has 0 saturated heterocycles. The second-order valence-electron chi connectivity index (χ2n) is 2.53. The molecule has 0 bridgehead atoms. The third-order valence-electron chi connectivity index (χ3n) is 1.70. The van der Waals surface area contributed by atoms with Crippen molar-refractivity contribution in [2.45, 2.75) is 0 Å². The zero-order valence-electron chi connectivity index (χ0n) is 6.16. The van der Waals surface area contributed by atoms with Gasteiger partial charge in [0.25, 0.3) is 0 Å². The number of aromatic hydroxyl groups is 1. The molecule has 1 heterocycles. The van der Waals surface area contributed by atoms with Gasteiger partial charge in [-0.15, -0.1) is 0 Å². The van der Waals surface area contributed by atoms with Gasteiger partial charge in [0.15, 0.2) is 0 Å². The van der Waals surface area contributed by atoms with E-state index in [4.69, 9.17) is 11.6 Å². The first-order valence-corrected chi connectivity index (χ1v) is 3.87. The monoisotopic (exact) mass is 179 g/mol. The Labute approximate surface area is 74.4 Å². The number of nitrogens with zero attached hydrogens (tertiary/aromatic N) is 1. The topological polar surface area (TPSA) is 33.1 Å². The van der Waals surface area contributed by atoms with Gasteiger partial charge >= 0.3 is 0 Å². The molecule has 1 N–H and O–H groups in total. The first-order chi connectivity index (χ1) is 5.77. The molecule has 0 unspecified atom stereocenters. The van der Waals surface area contributed by atoms with Gasteiger partial charge in [-0.2, -0.15) is 0 Å². The van der Waals surface area contributed by atoms with Crippen LogP contribution in [0.1, 0.15) is 0 Å². The van der Waals surface area contributed by atoms with Crippen molar-refractivity contribution in [3.63, 3.8) is 0 Å². The van der Waals surface area contributed by atoms with Crippen LogP contribution in [0.2, 0.25) is 5.02 Å². The van der Waals surface area contributed by atoms with Crippen molar-refractivity contribution in [3.05, 3.63) is 35.6 Å². The van der Waals surface area contributed by atoms with Crippen LogP contribution in [0.15, 0.2) is 30.6 Å². The number of halogens is 1. The van der Waals surface area contributed by atoms with Crippen LogP contribution >= 0.6 is 11.6 Å². The van der Waals surface area contributed by atoms with Crippen molar-refractivity contribution < 1.29 is 5.11 Å². The largest absolute Gasteiger partial charge is 0.508 e. The fourth-order valence-corrected chi connectivity index (χ4v) is 1.34. The molecule has 0 amide bonds. The van der Waals surface area contributed by atoms with Crippen molar-refractivity contribution in [1.82, 2.24) is 4.98 Å². The highest BCUT2D eigenvalue weighted by molar-refractivity contribution is 6.35. The van der Waals surface area contributed by atoms with Crippen molar-refractivity contribution in [3.8, 4) is 5.75 Å². The van der Waals surface area contributed by atoms with Crippen LogP contribution in [0.25, 0.3) is 10.8 Å². The van der Waals surface area contributed by atoms with Crippen LogP contribution in [0.3, 0.4) is 0 Å². The van der Waals surface area contributed by atoms with E-state index in [-0.39, 0.29) is 5.75 Å². The van der Waals surface area contributed by atoms with Crippen LogP contribution in [0, 0.1) is 0 Å². The first-order valence-electron chi connectivity index (χ1n) is 3.49. The number of phenolic OH excluding ortho intramolecular Hbond substituents is 1. The Hall–Kier alpha value is -1.28. The molecule has 2 nitrogen and oxygen atoms in total. The van der Waals surface area contributed by atoms with E-state index in [0.717, 1.165) is 10.8 Å². The SMILES string of the molecule is Oc1ccc2cncc(Cl)c2c1. The number of pyridine rings is 1. The number of benzene rings is 1. The number of fused-ring (bicyclic) bond motifs is 1. The molecule has 0 atom stereocenters. The van der Waals surface area contributed by atoms with Gasteiger partial charge in [0.2, 0.25) is 0 Å². The van der Waals surface area contributed by atoms with Gasteiger partial charge in [-0.1, -0.05) is 11.6 Å². The van der Waals surface area contributed by atoms with Crippen LogP contribution in [-0.4, -0.2) is 10.1 Å². The van der Waals surface area contributed by atoms with E-state index in [1.807, 2.05) is 0 Å². The second-order valence-corrected chi connectivity index (χ2v) is 2.93. The van der Waals surface area contributed by atoms with Gasteiger partial charge in [-0.25, -0.2) is 0 Å². The predicted octanol–water partition coefficient (Wildman–Crippen LogP) is 2.59. The fraction of sp³-hybridized carbons (Fsp3) is 0. The average molecular weight is 180 g/mol. The van der Waals surface area contributed by atoms with Crippen LogP contribution in [0.5, 0.6) is 5.75 Å². The number of phenols is 1. The van der Waals surface area contributed by atoms with Gasteiger partial charge in [0.1, 0.15) is 5.75 Å². The highest BCUT2D eigenvalue weighted by Gasteiger charge is 1.98. The summed E-state index contributed by atoms with van der Waals surface area (Å²) in [6.45, 7) is 0. The quantitative estimate of drug-likeness (QED) is 0.675. The molecule has 2 rings (SSSR count). The molecule has 1 aromatic carbocycles. The maximum atomic E-state index is 9.18. The second kappa shape index (κ2) is 2.64. The molecule has 0 aliphatic carbocycles. The van der Waals surface area contributed by atoms with Gasteiger partial charge in [0.05, 0.1) is 5.02 Å². The molecule has 12 heavy (non-hydrogen) atoms. The van der Waals surface area contributed by atoms with Crippen molar-refractivity contribution >= 4 is 22.4 Å². The first kappa shape index (κ1) is 7.37. The third-order valence-corrected chi connectivity index (χ3v) is 2.00. The lowest BCUT2D eigenvalue weighted by Crippen LogP contribution is -1.76. The Kier molecular flexibility index (Phi) is 1.62. The summed E-state index contributed by atoms with van der Waals surface area (Å²) in [6, 6.07) is 5.02. The minimum Gasteiger partial charge on any atom is -0.508 e. The van der Waals surface area contributed by atoms with Gasteiger partial charge < -0.3 is 5.11 Å². The average Bonchev–Trinajstić information content (AvgIpc) is 2.07. The lowest BCUT2D eigenvalue weighted by atomic mass is 10.2. The van der Waals surface area contributed by atoms with Crippen molar-refractivity contribution in [2.75, 3.05) is 0 Å². The van der Waals surface area contributed by atoms with E-state index in [1.54, 1.807) is 30.6 Å². The smallest absolute Gasteiger partial charge is 0.116 e. The Morgan fingerprint density at radius 3 is 2.92 bits per heavy atom. The molecule has 0 saturated carbocycles. The number of rotatable bonds is 0. The van der Waals surface area contributed by atoms with Gasteiger partial charge in [0, 0.05) is 23.2 Å². The molecule has 1 aromatic heterocycles. The van der Waals surface area contributed by atoms with E-state index in [0.29, 0.717) is 5.02 Å². The summed E-state index contributed by atoms with van der Waals surface area (Å²) >= 11 is 5.86. The summed E-state index contributed by atoms with van der Waals surface area (Å²) in [5, 5.41) is 11.5. The van der Waals surface area contributed by atoms with E-state index in [1.165, 1.54) is 0 Å². The highest BCUT2D eigenvalue weighted by atomic mass is 35.5. The summed E-state index contributed by atoms with van der Waals surface area (Å²) in [4.78, 5) is 3.93. The Balaban J connectivity index is 2.88. The molecular formula is C9H6ClNO. The number of aromatic nitrogens is 1. The van der Waals surface area contributed by atoms with E-state index < -0.39 is 0 Å². The van der Waals surface area contributed by atoms with E-state index in [9.17, 15) is 5.11 Å². The standard InChI is InChI=1S/C9H6ClNO/c10-9-5-11-4-6-1-2-7(12)3-8(6)9/h1-5,12H. The Morgan fingerprint density at radius 2 is 2.08 bits per heavy atom. The van der Waals surface area contributed by atoms with E-state index >= 15 is 0 Å². The Morgan fingerprint density at radius 1 is 1.25 bits per heavy atom. The number of hydrogen-bond acceptors (Lipinski definition) is 2. The minimum absolute atomic E-state index is 0.218. The predicted molar refractivity (Wildman–Crippen MR) is 48.4 cm³/mol. The normalized spacial score (nSPS) is 10.4. The fourth-order valence-electron chi connectivity index (χ4n) is 1.12. The third kappa shape index (κ3) is 1.10. The highest BCUT2D eigenvalue weighted by Crippen LogP contribution is 2.25. The van der Waals surface area contributed by atoms with Crippen LogP contribution < -0.4 is 0 Å². The molecular weight excluding hydrogens is 174 g/mol. The maximum Gasteiger partial charge on any atom is 0.116 e. The van der Waals surface area contributed by atoms with Crippen molar-refractivity contribution in [2.24, 2.45) is 0 Å². The molecule has 0 aliphatic heterocycles. The summed E-state index contributed by atoms with van der Waals surface area (Å²) in [5.74, 6) is 0.218. The molecule has 2 aromatic rings. The lowest BCUT2D eigenvalue weighted by Gasteiger charge is -1.99. The van der Waals surface area contributed by atoms with Crippen LogP contribution in [0.4, 0.5) is 0 Å². The van der Waals surface area contributed by atoms with Crippen LogP contribution in [-0.2, 0) is 0 Å². The van der Waals surface area contributed by atoms with Gasteiger partial charge in [-0.3, -0.25) is 4.98 Å². The van der Waals surface area contributed by atoms with Crippen molar-refractivity contribution in [1.29, 1.82) is 0 Å². The summed E-state index contributed by atoms with van der Waals surface area (Å²) < 4.78 is 0. The lowest BCUT2D eigenvalue weighted by molar-refractivity contribution is 0.476. The van der Waals surface area contributed by atoms with E-state index in [2.05, 4.69) is 4.98 Å². The minimum atomic E-state index is 0.218. The summed E-state index contributed by atoms with van der Waals surface area (Å²) in [7, 11) is 0. The maximum absolute atomic E-state index is 9.18. The number of hydrogen-bond donors (Lipinski definition) is 1. The zero-order valence-corrected chi connectivity index (χ0v) is 6.92. The molecule has 0 spiro atoms. The Bertz CT molecular complexity index is 428. The summed E-state index contributed by atoms with van der Waals surface area (Å²) in [6.07, 6.45) is 3.27. The molecule has 60 valence electrons.